The number of imidazole rings is 1. The second-order valence-corrected chi connectivity index (χ2v) is 7.28. The fourth-order valence-electron chi connectivity index (χ4n) is 3.62. The fraction of sp³-hybridized carbons (Fsp3) is 0.263. The second-order valence-electron chi connectivity index (χ2n) is 6.85. The molecular weight excluding hydrogens is 381 g/mol. The molecule has 4 heterocycles. The number of benzene rings is 1. The Balaban J connectivity index is 1.79. The van der Waals surface area contributed by atoms with E-state index in [0.29, 0.717) is 22.0 Å². The standard InChI is InChI=1S/C19H17ClFN7/c1-11-25-16(18-19(27-6-3-7-27)22-10-24-28(11)18)14-9-23-26(2)17(14)13-5-4-12(20)8-15(13)21/h4-5,8-10H,3,6-7H2,1-2H3. The maximum atomic E-state index is 14.7. The average molecular weight is 398 g/mol. The van der Waals surface area contributed by atoms with E-state index in [1.54, 1.807) is 40.9 Å². The fourth-order valence-corrected chi connectivity index (χ4v) is 3.78. The van der Waals surface area contributed by atoms with Crippen molar-refractivity contribution in [1.82, 2.24) is 29.4 Å². The molecule has 0 radical (unpaired) electrons. The third-order valence-corrected chi connectivity index (χ3v) is 5.35. The quantitative estimate of drug-likeness (QED) is 0.529. The van der Waals surface area contributed by atoms with Crippen LogP contribution in [0.4, 0.5) is 10.2 Å². The SMILES string of the molecule is Cc1nc(-c2cnn(C)c2-c2ccc(Cl)cc2F)c2c(N3CCC3)ncnn12. The number of aryl methyl sites for hydroxylation is 2. The molecule has 0 N–H and O–H groups in total. The largest absolute Gasteiger partial charge is 0.355 e. The first-order valence-corrected chi connectivity index (χ1v) is 9.35. The molecule has 0 atom stereocenters. The Morgan fingerprint density at radius 1 is 1.14 bits per heavy atom. The highest BCUT2D eigenvalue weighted by Gasteiger charge is 2.26. The van der Waals surface area contributed by atoms with Crippen molar-refractivity contribution in [2.75, 3.05) is 18.0 Å². The van der Waals surface area contributed by atoms with E-state index in [2.05, 4.69) is 20.1 Å². The normalized spacial score (nSPS) is 13.9. The summed E-state index contributed by atoms with van der Waals surface area (Å²) in [6.07, 6.45) is 4.38. The van der Waals surface area contributed by atoms with Crippen molar-refractivity contribution in [3.8, 4) is 22.5 Å². The van der Waals surface area contributed by atoms with Crippen molar-refractivity contribution < 1.29 is 4.39 Å². The Labute approximate surface area is 165 Å². The summed E-state index contributed by atoms with van der Waals surface area (Å²) in [6, 6.07) is 4.64. The van der Waals surface area contributed by atoms with Gasteiger partial charge in [-0.2, -0.15) is 10.2 Å². The lowest BCUT2D eigenvalue weighted by Gasteiger charge is -2.32. The third kappa shape index (κ3) is 2.48. The maximum absolute atomic E-state index is 14.7. The molecule has 1 aromatic carbocycles. The Bertz CT molecular complexity index is 1210. The molecule has 0 spiro atoms. The Kier molecular flexibility index (Phi) is 3.83. The van der Waals surface area contributed by atoms with Crippen LogP contribution in [0.25, 0.3) is 28.0 Å². The minimum absolute atomic E-state index is 0.349. The highest BCUT2D eigenvalue weighted by Crippen LogP contribution is 2.38. The van der Waals surface area contributed by atoms with Crippen LogP contribution >= 0.6 is 11.6 Å². The third-order valence-electron chi connectivity index (χ3n) is 5.11. The van der Waals surface area contributed by atoms with Crippen LogP contribution in [0, 0.1) is 12.7 Å². The summed E-state index contributed by atoms with van der Waals surface area (Å²) in [5.41, 5.74) is 3.28. The van der Waals surface area contributed by atoms with Crippen LogP contribution in [0.2, 0.25) is 5.02 Å². The van der Waals surface area contributed by atoms with Gasteiger partial charge in [-0.3, -0.25) is 4.68 Å². The van der Waals surface area contributed by atoms with Gasteiger partial charge in [0.1, 0.15) is 29.2 Å². The number of fused-ring (bicyclic) bond motifs is 1. The van der Waals surface area contributed by atoms with E-state index < -0.39 is 5.82 Å². The summed E-state index contributed by atoms with van der Waals surface area (Å²) >= 11 is 5.93. The number of anilines is 1. The van der Waals surface area contributed by atoms with E-state index in [1.807, 2.05) is 6.92 Å². The number of hydrogen-bond acceptors (Lipinski definition) is 5. The summed E-state index contributed by atoms with van der Waals surface area (Å²) in [5.74, 6) is 1.17. The molecular formula is C19H17ClFN7. The summed E-state index contributed by atoms with van der Waals surface area (Å²) in [7, 11) is 1.78. The Morgan fingerprint density at radius 3 is 2.68 bits per heavy atom. The molecule has 5 rings (SSSR count). The maximum Gasteiger partial charge on any atom is 0.158 e. The molecule has 0 saturated carbocycles. The zero-order chi connectivity index (χ0) is 19.4. The number of rotatable bonds is 3. The molecule has 1 saturated heterocycles. The molecule has 7 nitrogen and oxygen atoms in total. The molecule has 1 fully saturated rings. The van der Waals surface area contributed by atoms with Crippen LogP contribution in [0.3, 0.4) is 0 Å². The van der Waals surface area contributed by atoms with Gasteiger partial charge in [0.25, 0.3) is 0 Å². The molecule has 1 aliphatic heterocycles. The van der Waals surface area contributed by atoms with Crippen molar-refractivity contribution in [3.05, 3.63) is 47.4 Å². The molecule has 0 aliphatic carbocycles. The number of halogens is 2. The van der Waals surface area contributed by atoms with E-state index in [0.717, 1.165) is 42.2 Å². The van der Waals surface area contributed by atoms with Crippen molar-refractivity contribution in [2.45, 2.75) is 13.3 Å². The van der Waals surface area contributed by atoms with Gasteiger partial charge in [-0.05, 0) is 31.5 Å². The second kappa shape index (κ2) is 6.27. The summed E-state index contributed by atoms with van der Waals surface area (Å²) in [5, 5.41) is 9.08. The van der Waals surface area contributed by atoms with Crippen LogP contribution in [-0.2, 0) is 7.05 Å². The summed E-state index contributed by atoms with van der Waals surface area (Å²) in [4.78, 5) is 11.4. The summed E-state index contributed by atoms with van der Waals surface area (Å²) in [6.45, 7) is 3.78. The highest BCUT2D eigenvalue weighted by molar-refractivity contribution is 6.30. The molecule has 0 unspecified atom stereocenters. The van der Waals surface area contributed by atoms with Crippen molar-refractivity contribution in [3.63, 3.8) is 0 Å². The Morgan fingerprint density at radius 2 is 1.96 bits per heavy atom. The van der Waals surface area contributed by atoms with Gasteiger partial charge in [-0.15, -0.1) is 0 Å². The summed E-state index contributed by atoms with van der Waals surface area (Å²) < 4.78 is 18.1. The monoisotopic (exact) mass is 397 g/mol. The lowest BCUT2D eigenvalue weighted by molar-refractivity contribution is 0.608. The van der Waals surface area contributed by atoms with Crippen LogP contribution in [-0.4, -0.2) is 42.5 Å². The van der Waals surface area contributed by atoms with E-state index in [1.165, 1.54) is 6.07 Å². The molecule has 28 heavy (non-hydrogen) atoms. The first kappa shape index (κ1) is 17.1. The topological polar surface area (TPSA) is 64.1 Å². The van der Waals surface area contributed by atoms with E-state index in [9.17, 15) is 4.39 Å². The van der Waals surface area contributed by atoms with Gasteiger partial charge in [0.15, 0.2) is 5.82 Å². The minimum Gasteiger partial charge on any atom is -0.355 e. The number of hydrogen-bond donors (Lipinski definition) is 0. The van der Waals surface area contributed by atoms with E-state index in [4.69, 9.17) is 16.6 Å². The number of aromatic nitrogens is 6. The average Bonchev–Trinajstić information content (AvgIpc) is 3.15. The van der Waals surface area contributed by atoms with E-state index in [-0.39, 0.29) is 0 Å². The predicted octanol–water partition coefficient (Wildman–Crippen LogP) is 3.50. The van der Waals surface area contributed by atoms with Gasteiger partial charge < -0.3 is 4.90 Å². The van der Waals surface area contributed by atoms with Gasteiger partial charge in [0.05, 0.1) is 11.9 Å². The van der Waals surface area contributed by atoms with Crippen LogP contribution in [0.1, 0.15) is 12.2 Å². The molecule has 0 bridgehead atoms. The molecule has 4 aromatic rings. The van der Waals surface area contributed by atoms with Crippen molar-refractivity contribution in [1.29, 1.82) is 0 Å². The van der Waals surface area contributed by atoms with Crippen LogP contribution in [0.5, 0.6) is 0 Å². The zero-order valence-corrected chi connectivity index (χ0v) is 16.2. The Hall–Kier alpha value is -3.00. The van der Waals surface area contributed by atoms with Gasteiger partial charge >= 0.3 is 0 Å². The molecule has 1 aliphatic rings. The molecule has 9 heteroatoms. The molecule has 142 valence electrons. The minimum atomic E-state index is -0.406. The van der Waals surface area contributed by atoms with E-state index >= 15 is 0 Å². The number of nitrogens with zero attached hydrogens (tertiary/aromatic N) is 7. The lowest BCUT2D eigenvalue weighted by atomic mass is 10.0. The van der Waals surface area contributed by atoms with Gasteiger partial charge in [0.2, 0.25) is 0 Å². The zero-order valence-electron chi connectivity index (χ0n) is 15.4. The first-order valence-electron chi connectivity index (χ1n) is 8.97. The molecule has 3 aromatic heterocycles. The smallest absolute Gasteiger partial charge is 0.158 e. The predicted molar refractivity (Wildman–Crippen MR) is 105 cm³/mol. The van der Waals surface area contributed by atoms with Crippen molar-refractivity contribution >= 4 is 22.9 Å². The van der Waals surface area contributed by atoms with Crippen LogP contribution < -0.4 is 4.90 Å². The van der Waals surface area contributed by atoms with Gasteiger partial charge in [0, 0.05) is 36.3 Å². The van der Waals surface area contributed by atoms with Crippen molar-refractivity contribution in [2.24, 2.45) is 7.05 Å². The first-order chi connectivity index (χ1) is 13.5. The lowest BCUT2D eigenvalue weighted by Crippen LogP contribution is -2.38. The van der Waals surface area contributed by atoms with Gasteiger partial charge in [-0.1, -0.05) is 11.6 Å². The van der Waals surface area contributed by atoms with Gasteiger partial charge in [-0.25, -0.2) is 18.9 Å². The highest BCUT2D eigenvalue weighted by atomic mass is 35.5. The molecule has 0 amide bonds. The van der Waals surface area contributed by atoms with Crippen LogP contribution in [0.15, 0.2) is 30.7 Å².